The van der Waals surface area contributed by atoms with Gasteiger partial charge < -0.3 is 14.3 Å². The summed E-state index contributed by atoms with van der Waals surface area (Å²) in [4.78, 5) is 5.44. The van der Waals surface area contributed by atoms with Crippen molar-refractivity contribution in [2.45, 2.75) is 37.4 Å². The van der Waals surface area contributed by atoms with Gasteiger partial charge in [-0.2, -0.15) is 0 Å². The lowest BCUT2D eigenvalue weighted by molar-refractivity contribution is -0.221. The molecular formula is C15H20ClNO3. The Balaban J connectivity index is 2.33. The van der Waals surface area contributed by atoms with E-state index in [2.05, 4.69) is 5.16 Å². The molecule has 0 fully saturated rings. The van der Waals surface area contributed by atoms with Gasteiger partial charge in [0.25, 0.3) is 0 Å². The predicted molar refractivity (Wildman–Crippen MR) is 79.6 cm³/mol. The van der Waals surface area contributed by atoms with Gasteiger partial charge in [0.1, 0.15) is 5.75 Å². The average molecular weight is 298 g/mol. The molecule has 1 aliphatic heterocycles. The molecule has 0 spiro atoms. The van der Waals surface area contributed by atoms with E-state index >= 15 is 0 Å². The summed E-state index contributed by atoms with van der Waals surface area (Å²) in [6, 6.07) is 7.93. The van der Waals surface area contributed by atoms with Crippen molar-refractivity contribution in [2.24, 2.45) is 5.16 Å². The summed E-state index contributed by atoms with van der Waals surface area (Å²) >= 11 is 6.22. The number of nitrogens with zero attached hydrogens (tertiary/aromatic N) is 1. The van der Waals surface area contributed by atoms with Crippen LogP contribution in [0.5, 0.6) is 5.75 Å². The second kappa shape index (κ2) is 6.02. The van der Waals surface area contributed by atoms with Crippen LogP contribution in [-0.2, 0) is 9.57 Å². The van der Waals surface area contributed by atoms with Crippen LogP contribution < -0.4 is 4.74 Å². The monoisotopic (exact) mass is 297 g/mol. The third-order valence-electron chi connectivity index (χ3n) is 3.63. The van der Waals surface area contributed by atoms with Crippen LogP contribution in [0, 0.1) is 0 Å². The van der Waals surface area contributed by atoms with Gasteiger partial charge in [0.05, 0.1) is 18.2 Å². The van der Waals surface area contributed by atoms with E-state index in [0.717, 1.165) is 17.0 Å². The topological polar surface area (TPSA) is 40.0 Å². The minimum atomic E-state index is -0.722. The lowest BCUT2D eigenvalue weighted by atomic mass is 9.86. The molecule has 3 atom stereocenters. The number of rotatable bonds is 4. The minimum Gasteiger partial charge on any atom is -0.497 e. The van der Waals surface area contributed by atoms with Crippen LogP contribution in [0.15, 0.2) is 29.4 Å². The number of halogens is 1. The predicted octanol–water partition coefficient (Wildman–Crippen LogP) is 3.55. The zero-order valence-corrected chi connectivity index (χ0v) is 13.0. The van der Waals surface area contributed by atoms with Crippen molar-refractivity contribution in [1.82, 2.24) is 0 Å². The normalized spacial score (nSPS) is 27.4. The average Bonchev–Trinajstić information content (AvgIpc) is 2.47. The van der Waals surface area contributed by atoms with Crippen molar-refractivity contribution >= 4 is 17.3 Å². The van der Waals surface area contributed by atoms with Crippen molar-refractivity contribution < 1.29 is 14.3 Å². The first-order valence-electron chi connectivity index (χ1n) is 6.58. The molecule has 0 N–H and O–H groups in total. The van der Waals surface area contributed by atoms with Crippen LogP contribution >= 0.6 is 11.6 Å². The van der Waals surface area contributed by atoms with E-state index in [1.807, 2.05) is 38.1 Å². The van der Waals surface area contributed by atoms with Crippen LogP contribution in [0.1, 0.15) is 31.7 Å². The fourth-order valence-corrected chi connectivity index (χ4v) is 2.51. The first kappa shape index (κ1) is 15.1. The third kappa shape index (κ3) is 3.07. The maximum Gasteiger partial charge on any atom is 0.234 e. The Labute approximate surface area is 124 Å². The molecule has 1 heterocycles. The highest BCUT2D eigenvalue weighted by molar-refractivity contribution is 6.32. The second-order valence-corrected chi connectivity index (χ2v) is 5.75. The molecule has 1 unspecified atom stereocenters. The summed E-state index contributed by atoms with van der Waals surface area (Å²) in [6.07, 6.45) is 0.672. The number of hydrogen-bond donors (Lipinski definition) is 0. The van der Waals surface area contributed by atoms with Gasteiger partial charge in [0.15, 0.2) is 0 Å². The number of oxime groups is 1. The third-order valence-corrected chi connectivity index (χ3v) is 3.86. The molecule has 0 radical (unpaired) electrons. The molecule has 1 aromatic carbocycles. The minimum absolute atomic E-state index is 0.0760. The van der Waals surface area contributed by atoms with E-state index < -0.39 is 5.79 Å². The number of benzene rings is 1. The highest BCUT2D eigenvalue weighted by Crippen LogP contribution is 2.36. The molecule has 0 aliphatic carbocycles. The molecule has 20 heavy (non-hydrogen) atoms. The number of alkyl halides is 1. The molecule has 1 aromatic rings. The molecular weight excluding hydrogens is 278 g/mol. The van der Waals surface area contributed by atoms with Gasteiger partial charge in [-0.05, 0) is 24.6 Å². The van der Waals surface area contributed by atoms with Crippen molar-refractivity contribution in [2.75, 3.05) is 14.2 Å². The standard InChI is InChI=1S/C15H20ClNO3/c1-10(16)14-13(9-15(2,19-4)20-17-14)11-5-7-12(18-3)8-6-11/h5-8,10,13H,9H2,1-4H3/t10?,13-,15+/m0/s1. The number of ether oxygens (including phenoxy) is 2. The van der Waals surface area contributed by atoms with Crippen molar-refractivity contribution in [3.63, 3.8) is 0 Å². The Bertz CT molecular complexity index is 486. The summed E-state index contributed by atoms with van der Waals surface area (Å²) in [5.41, 5.74) is 1.95. The van der Waals surface area contributed by atoms with Crippen molar-refractivity contribution in [3.8, 4) is 5.75 Å². The van der Waals surface area contributed by atoms with E-state index in [1.54, 1.807) is 14.2 Å². The van der Waals surface area contributed by atoms with E-state index in [4.69, 9.17) is 25.9 Å². The van der Waals surface area contributed by atoms with Crippen LogP contribution in [0.25, 0.3) is 0 Å². The Morgan fingerprint density at radius 1 is 1.35 bits per heavy atom. The van der Waals surface area contributed by atoms with Crippen LogP contribution in [0.4, 0.5) is 0 Å². The van der Waals surface area contributed by atoms with E-state index in [1.165, 1.54) is 0 Å². The molecule has 4 nitrogen and oxygen atoms in total. The first-order valence-corrected chi connectivity index (χ1v) is 7.02. The van der Waals surface area contributed by atoms with Gasteiger partial charge >= 0.3 is 0 Å². The Hall–Kier alpha value is -1.26. The van der Waals surface area contributed by atoms with Crippen molar-refractivity contribution in [3.05, 3.63) is 29.8 Å². The van der Waals surface area contributed by atoms with Gasteiger partial charge in [0, 0.05) is 26.4 Å². The fourth-order valence-electron chi connectivity index (χ4n) is 2.32. The van der Waals surface area contributed by atoms with Crippen LogP contribution in [0.2, 0.25) is 0 Å². The number of methoxy groups -OCH3 is 2. The summed E-state index contributed by atoms with van der Waals surface area (Å²) in [6.45, 7) is 3.78. The van der Waals surface area contributed by atoms with E-state index in [9.17, 15) is 0 Å². The zero-order valence-electron chi connectivity index (χ0n) is 12.2. The molecule has 0 aromatic heterocycles. The molecule has 0 amide bonds. The summed E-state index contributed by atoms with van der Waals surface area (Å²) < 4.78 is 10.6. The van der Waals surface area contributed by atoms with Crippen LogP contribution in [0.3, 0.4) is 0 Å². The van der Waals surface area contributed by atoms with E-state index in [-0.39, 0.29) is 11.3 Å². The highest BCUT2D eigenvalue weighted by atomic mass is 35.5. The van der Waals surface area contributed by atoms with Gasteiger partial charge in [-0.1, -0.05) is 17.3 Å². The number of hydrogen-bond acceptors (Lipinski definition) is 4. The Morgan fingerprint density at radius 3 is 2.50 bits per heavy atom. The summed E-state index contributed by atoms with van der Waals surface area (Å²) in [5.74, 6) is 0.180. The van der Waals surface area contributed by atoms with Gasteiger partial charge in [-0.15, -0.1) is 11.6 Å². The molecule has 0 saturated carbocycles. The maximum absolute atomic E-state index is 6.22. The molecule has 0 saturated heterocycles. The molecule has 2 rings (SSSR count). The molecule has 1 aliphatic rings. The largest absolute Gasteiger partial charge is 0.497 e. The summed E-state index contributed by atoms with van der Waals surface area (Å²) in [7, 11) is 3.27. The summed E-state index contributed by atoms with van der Waals surface area (Å²) in [5, 5.41) is 3.99. The SMILES string of the molecule is COc1ccc([C@@H]2C[C@](C)(OC)ON=C2C(C)Cl)cc1. The molecule has 5 heteroatoms. The van der Waals surface area contributed by atoms with Crippen LogP contribution in [-0.4, -0.2) is 31.1 Å². The Kier molecular flexibility index (Phi) is 4.55. The first-order chi connectivity index (χ1) is 9.49. The maximum atomic E-state index is 6.22. The zero-order chi connectivity index (χ0) is 14.8. The van der Waals surface area contributed by atoms with Gasteiger partial charge in [-0.25, -0.2) is 0 Å². The molecule has 0 bridgehead atoms. The second-order valence-electron chi connectivity index (χ2n) is 5.09. The quantitative estimate of drug-likeness (QED) is 0.798. The fraction of sp³-hybridized carbons (Fsp3) is 0.533. The smallest absolute Gasteiger partial charge is 0.234 e. The lowest BCUT2D eigenvalue weighted by Crippen LogP contribution is -2.39. The van der Waals surface area contributed by atoms with Gasteiger partial charge in [0.2, 0.25) is 5.79 Å². The molecule has 110 valence electrons. The highest BCUT2D eigenvalue weighted by Gasteiger charge is 2.39. The Morgan fingerprint density at radius 2 is 2.00 bits per heavy atom. The van der Waals surface area contributed by atoms with E-state index in [0.29, 0.717) is 6.42 Å². The van der Waals surface area contributed by atoms with Crippen molar-refractivity contribution in [1.29, 1.82) is 0 Å². The van der Waals surface area contributed by atoms with Gasteiger partial charge in [-0.3, -0.25) is 0 Å². The lowest BCUT2D eigenvalue weighted by Gasteiger charge is -2.35.